The summed E-state index contributed by atoms with van der Waals surface area (Å²) >= 11 is 5.51. The predicted molar refractivity (Wildman–Crippen MR) is 93.0 cm³/mol. The molecule has 0 saturated heterocycles. The standard InChI is InChI=1S/C17H21BrN2S/c1-11(2)19-10-15-17(12-7-8-12)20-16(21-15)9-13-5-3-4-6-14(13)18/h3-6,11-12,19H,7-10H2,1-2H3. The molecule has 3 rings (SSSR count). The van der Waals surface area contributed by atoms with Gasteiger partial charge in [0.15, 0.2) is 0 Å². The van der Waals surface area contributed by atoms with Crippen LogP contribution in [0.4, 0.5) is 0 Å². The Hall–Kier alpha value is -0.710. The molecular weight excluding hydrogens is 344 g/mol. The second-order valence-electron chi connectivity index (χ2n) is 5.99. The molecule has 1 aliphatic rings. The molecule has 0 unspecified atom stereocenters. The molecule has 112 valence electrons. The third-order valence-electron chi connectivity index (χ3n) is 3.71. The van der Waals surface area contributed by atoms with Crippen molar-refractivity contribution in [2.75, 3.05) is 0 Å². The van der Waals surface area contributed by atoms with Gasteiger partial charge >= 0.3 is 0 Å². The molecule has 0 atom stereocenters. The zero-order chi connectivity index (χ0) is 14.8. The fourth-order valence-corrected chi connectivity index (χ4v) is 3.95. The summed E-state index contributed by atoms with van der Waals surface area (Å²) in [4.78, 5) is 6.38. The van der Waals surface area contributed by atoms with E-state index in [1.807, 2.05) is 11.3 Å². The lowest BCUT2D eigenvalue weighted by atomic mass is 10.1. The molecule has 0 bridgehead atoms. The van der Waals surface area contributed by atoms with Crippen molar-refractivity contribution in [1.29, 1.82) is 0 Å². The molecule has 1 aliphatic carbocycles. The molecule has 0 amide bonds. The summed E-state index contributed by atoms with van der Waals surface area (Å²) in [6.45, 7) is 5.34. The van der Waals surface area contributed by atoms with Gasteiger partial charge in [0.1, 0.15) is 0 Å². The average molecular weight is 365 g/mol. The van der Waals surface area contributed by atoms with Gasteiger partial charge < -0.3 is 5.32 Å². The number of nitrogens with one attached hydrogen (secondary N) is 1. The molecule has 1 aromatic heterocycles. The normalized spacial score (nSPS) is 14.9. The molecule has 2 nitrogen and oxygen atoms in total. The fourth-order valence-electron chi connectivity index (χ4n) is 2.39. The minimum absolute atomic E-state index is 0.519. The Morgan fingerprint density at radius 1 is 1.33 bits per heavy atom. The molecule has 1 aromatic carbocycles. The second kappa shape index (κ2) is 6.59. The number of halogens is 1. The fraction of sp³-hybridized carbons (Fsp3) is 0.471. The van der Waals surface area contributed by atoms with Crippen molar-refractivity contribution < 1.29 is 0 Å². The lowest BCUT2D eigenvalue weighted by Crippen LogP contribution is -2.21. The highest BCUT2D eigenvalue weighted by Crippen LogP contribution is 2.43. The minimum Gasteiger partial charge on any atom is -0.310 e. The first-order valence-electron chi connectivity index (χ1n) is 7.58. The summed E-state index contributed by atoms with van der Waals surface area (Å²) in [6.07, 6.45) is 3.55. The Bertz CT molecular complexity index is 617. The maximum Gasteiger partial charge on any atom is 0.0975 e. The van der Waals surface area contributed by atoms with Gasteiger partial charge in [-0.2, -0.15) is 0 Å². The summed E-state index contributed by atoms with van der Waals surface area (Å²) in [5.74, 6) is 0.721. The first-order chi connectivity index (χ1) is 10.1. The van der Waals surface area contributed by atoms with E-state index >= 15 is 0 Å². The van der Waals surface area contributed by atoms with E-state index in [-0.39, 0.29) is 0 Å². The Kier molecular flexibility index (Phi) is 4.77. The van der Waals surface area contributed by atoms with E-state index in [0.29, 0.717) is 6.04 Å². The Labute approximate surface area is 139 Å². The van der Waals surface area contributed by atoms with E-state index in [2.05, 4.69) is 59.4 Å². The monoisotopic (exact) mass is 364 g/mol. The lowest BCUT2D eigenvalue weighted by Gasteiger charge is -2.07. The second-order valence-corrected chi connectivity index (χ2v) is 8.02. The van der Waals surface area contributed by atoms with Crippen LogP contribution >= 0.6 is 27.3 Å². The maximum atomic E-state index is 4.94. The SMILES string of the molecule is CC(C)NCc1sc(Cc2ccccc2Br)nc1C1CC1. The molecule has 0 radical (unpaired) electrons. The molecule has 1 heterocycles. The number of aromatic nitrogens is 1. The van der Waals surface area contributed by atoms with Crippen molar-refractivity contribution >= 4 is 27.3 Å². The number of thiazole rings is 1. The summed E-state index contributed by atoms with van der Waals surface area (Å²) in [6, 6.07) is 8.95. The van der Waals surface area contributed by atoms with Crippen molar-refractivity contribution in [3.05, 3.63) is 49.9 Å². The van der Waals surface area contributed by atoms with Crippen LogP contribution in [0.2, 0.25) is 0 Å². The van der Waals surface area contributed by atoms with Crippen LogP contribution < -0.4 is 5.32 Å². The van der Waals surface area contributed by atoms with Crippen LogP contribution in [0, 0.1) is 0 Å². The van der Waals surface area contributed by atoms with Gasteiger partial charge in [0.2, 0.25) is 0 Å². The van der Waals surface area contributed by atoms with E-state index < -0.39 is 0 Å². The van der Waals surface area contributed by atoms with E-state index in [4.69, 9.17) is 4.98 Å². The number of rotatable bonds is 6. The summed E-state index contributed by atoms with van der Waals surface area (Å²) in [7, 11) is 0. The number of hydrogen-bond acceptors (Lipinski definition) is 3. The lowest BCUT2D eigenvalue weighted by molar-refractivity contribution is 0.590. The zero-order valence-corrected chi connectivity index (χ0v) is 14.9. The molecule has 1 N–H and O–H groups in total. The van der Waals surface area contributed by atoms with Crippen LogP contribution in [0.15, 0.2) is 28.7 Å². The molecule has 1 saturated carbocycles. The molecule has 2 aromatic rings. The van der Waals surface area contributed by atoms with Gasteiger partial charge in [-0.1, -0.05) is 48.0 Å². The Morgan fingerprint density at radius 2 is 2.10 bits per heavy atom. The molecular formula is C17H21BrN2S. The Morgan fingerprint density at radius 3 is 2.76 bits per heavy atom. The molecule has 0 spiro atoms. The maximum absolute atomic E-state index is 4.94. The van der Waals surface area contributed by atoms with Crippen LogP contribution in [0.5, 0.6) is 0 Å². The quantitative estimate of drug-likeness (QED) is 0.790. The van der Waals surface area contributed by atoms with Gasteiger partial charge in [-0.15, -0.1) is 11.3 Å². The number of hydrogen-bond donors (Lipinski definition) is 1. The van der Waals surface area contributed by atoms with Crippen LogP contribution in [-0.4, -0.2) is 11.0 Å². The van der Waals surface area contributed by atoms with Gasteiger partial charge in [0.25, 0.3) is 0 Å². The molecule has 4 heteroatoms. The zero-order valence-electron chi connectivity index (χ0n) is 12.5. The summed E-state index contributed by atoms with van der Waals surface area (Å²) in [5.41, 5.74) is 2.67. The van der Waals surface area contributed by atoms with Crippen molar-refractivity contribution in [3.63, 3.8) is 0 Å². The highest BCUT2D eigenvalue weighted by Gasteiger charge is 2.29. The highest BCUT2D eigenvalue weighted by atomic mass is 79.9. The van der Waals surface area contributed by atoms with Crippen LogP contribution in [0.3, 0.4) is 0 Å². The van der Waals surface area contributed by atoms with Crippen molar-refractivity contribution in [2.24, 2.45) is 0 Å². The van der Waals surface area contributed by atoms with E-state index in [9.17, 15) is 0 Å². The first kappa shape index (κ1) is 15.2. The first-order valence-corrected chi connectivity index (χ1v) is 9.19. The van der Waals surface area contributed by atoms with Gasteiger partial charge in [-0.25, -0.2) is 4.98 Å². The van der Waals surface area contributed by atoms with Crippen molar-refractivity contribution in [1.82, 2.24) is 10.3 Å². The van der Waals surface area contributed by atoms with Crippen LogP contribution in [-0.2, 0) is 13.0 Å². The van der Waals surface area contributed by atoms with Gasteiger partial charge in [-0.3, -0.25) is 0 Å². The Balaban J connectivity index is 1.79. The molecule has 1 fully saturated rings. The topological polar surface area (TPSA) is 24.9 Å². The smallest absolute Gasteiger partial charge is 0.0975 e. The minimum atomic E-state index is 0.519. The average Bonchev–Trinajstić information content (AvgIpc) is 3.21. The number of benzene rings is 1. The summed E-state index contributed by atoms with van der Waals surface area (Å²) in [5, 5.41) is 4.77. The largest absolute Gasteiger partial charge is 0.310 e. The van der Waals surface area contributed by atoms with E-state index in [1.165, 1.54) is 38.5 Å². The van der Waals surface area contributed by atoms with E-state index in [1.54, 1.807) is 0 Å². The van der Waals surface area contributed by atoms with E-state index in [0.717, 1.165) is 18.9 Å². The van der Waals surface area contributed by atoms with Gasteiger partial charge in [-0.05, 0) is 24.5 Å². The van der Waals surface area contributed by atoms with Crippen molar-refractivity contribution in [3.8, 4) is 0 Å². The third-order valence-corrected chi connectivity index (χ3v) is 5.55. The predicted octanol–water partition coefficient (Wildman–Crippen LogP) is 4.87. The van der Waals surface area contributed by atoms with Gasteiger partial charge in [0, 0.05) is 34.3 Å². The highest BCUT2D eigenvalue weighted by molar-refractivity contribution is 9.10. The van der Waals surface area contributed by atoms with Crippen LogP contribution in [0.25, 0.3) is 0 Å². The van der Waals surface area contributed by atoms with Crippen LogP contribution in [0.1, 0.15) is 53.7 Å². The number of nitrogens with zero attached hydrogens (tertiary/aromatic N) is 1. The van der Waals surface area contributed by atoms with Crippen molar-refractivity contribution in [2.45, 2.75) is 51.6 Å². The van der Waals surface area contributed by atoms with Gasteiger partial charge in [0.05, 0.1) is 10.7 Å². The third kappa shape index (κ3) is 3.93. The molecule has 21 heavy (non-hydrogen) atoms. The summed E-state index contributed by atoms with van der Waals surface area (Å²) < 4.78 is 1.18. The molecule has 0 aliphatic heterocycles.